The number of para-hydroxylation sites is 1. The molecule has 7 nitrogen and oxygen atoms in total. The van der Waals surface area contributed by atoms with Crippen molar-refractivity contribution < 1.29 is 13.9 Å². The van der Waals surface area contributed by atoms with Crippen molar-refractivity contribution >= 4 is 28.2 Å². The molecule has 1 aliphatic rings. The van der Waals surface area contributed by atoms with E-state index >= 15 is 0 Å². The minimum atomic E-state index is -0.340. The first-order valence-electron chi connectivity index (χ1n) is 9.83. The molecule has 1 aliphatic carbocycles. The van der Waals surface area contributed by atoms with Crippen LogP contribution in [0.3, 0.4) is 0 Å². The summed E-state index contributed by atoms with van der Waals surface area (Å²) in [6.07, 6.45) is 4.06. The molecule has 3 aromatic heterocycles. The molecule has 0 spiro atoms. The molecule has 1 fully saturated rings. The second kappa shape index (κ2) is 7.87. The van der Waals surface area contributed by atoms with Gasteiger partial charge in [0.25, 0.3) is 5.56 Å². The van der Waals surface area contributed by atoms with E-state index < -0.39 is 0 Å². The average Bonchev–Trinajstić information content (AvgIpc) is 3.24. The lowest BCUT2D eigenvalue weighted by Gasteiger charge is -2.12. The van der Waals surface area contributed by atoms with E-state index in [9.17, 15) is 9.59 Å². The van der Waals surface area contributed by atoms with Crippen molar-refractivity contribution in [3.05, 3.63) is 69.9 Å². The summed E-state index contributed by atoms with van der Waals surface area (Å²) in [4.78, 5) is 34.2. The molecule has 0 amide bonds. The number of carbonyl (C=O) groups is 1. The molecule has 1 aromatic carbocycles. The molecule has 3 heterocycles. The van der Waals surface area contributed by atoms with Crippen molar-refractivity contribution in [3.63, 3.8) is 0 Å². The Labute approximate surface area is 176 Å². The van der Waals surface area contributed by atoms with E-state index in [1.54, 1.807) is 23.0 Å². The molecular weight excluding hydrogens is 402 g/mol. The largest absolute Gasteiger partial charge is 0.462 e. The Kier molecular flexibility index (Phi) is 4.92. The SMILES string of the molecule is O=C(CCc1nc2ccccc2c(=O)n1C1CC1)OCc1csc(-c2ccco2)n1. The number of hydrogen-bond donors (Lipinski definition) is 0. The van der Waals surface area contributed by atoms with E-state index in [1.807, 2.05) is 29.6 Å². The van der Waals surface area contributed by atoms with Crippen LogP contribution in [-0.2, 0) is 22.6 Å². The zero-order valence-corrected chi connectivity index (χ0v) is 16.9. The maximum atomic E-state index is 12.9. The first-order valence-corrected chi connectivity index (χ1v) is 10.7. The molecule has 0 N–H and O–H groups in total. The first kappa shape index (κ1) is 18.7. The number of carbonyl (C=O) groups excluding carboxylic acids is 1. The van der Waals surface area contributed by atoms with Crippen LogP contribution in [0.1, 0.15) is 36.8 Å². The Balaban J connectivity index is 1.25. The van der Waals surface area contributed by atoms with Gasteiger partial charge in [-0.15, -0.1) is 11.3 Å². The van der Waals surface area contributed by atoms with Crippen molar-refractivity contribution in [2.75, 3.05) is 0 Å². The molecular formula is C22H19N3O4S. The van der Waals surface area contributed by atoms with E-state index in [-0.39, 0.29) is 30.6 Å². The highest BCUT2D eigenvalue weighted by atomic mass is 32.1. The normalized spacial score (nSPS) is 13.6. The third kappa shape index (κ3) is 3.78. The molecule has 0 aliphatic heterocycles. The van der Waals surface area contributed by atoms with Gasteiger partial charge in [0.05, 0.1) is 29.3 Å². The van der Waals surface area contributed by atoms with Gasteiger partial charge in [-0.3, -0.25) is 14.2 Å². The summed E-state index contributed by atoms with van der Waals surface area (Å²) in [5.41, 5.74) is 1.31. The number of rotatable bonds is 7. The Morgan fingerprint density at radius 1 is 1.20 bits per heavy atom. The molecule has 1 saturated carbocycles. The lowest BCUT2D eigenvalue weighted by Crippen LogP contribution is -2.25. The summed E-state index contributed by atoms with van der Waals surface area (Å²) in [6, 6.07) is 11.2. The number of ether oxygens (including phenoxy) is 1. The van der Waals surface area contributed by atoms with Gasteiger partial charge in [-0.05, 0) is 37.1 Å². The van der Waals surface area contributed by atoms with Gasteiger partial charge < -0.3 is 9.15 Å². The van der Waals surface area contributed by atoms with Crippen molar-refractivity contribution in [2.45, 2.75) is 38.3 Å². The lowest BCUT2D eigenvalue weighted by molar-refractivity contribution is -0.145. The number of benzene rings is 1. The van der Waals surface area contributed by atoms with Gasteiger partial charge >= 0.3 is 5.97 Å². The summed E-state index contributed by atoms with van der Waals surface area (Å²) in [5, 5.41) is 3.22. The minimum absolute atomic E-state index is 0.0283. The second-order valence-corrected chi connectivity index (χ2v) is 8.09. The zero-order valence-electron chi connectivity index (χ0n) is 16.1. The number of esters is 1. The summed E-state index contributed by atoms with van der Waals surface area (Å²) in [5.74, 6) is 0.997. The van der Waals surface area contributed by atoms with Gasteiger partial charge in [0.15, 0.2) is 10.8 Å². The summed E-state index contributed by atoms with van der Waals surface area (Å²) >= 11 is 1.44. The standard InChI is InChI=1S/C22H19N3O4S/c26-20(29-12-14-13-30-21(23-14)18-6-3-11-28-18)10-9-19-24-17-5-2-1-4-16(17)22(27)25(19)15-7-8-15/h1-6,11,13,15H,7-10,12H2. The third-order valence-corrected chi connectivity index (χ3v) is 5.92. The smallest absolute Gasteiger partial charge is 0.306 e. The van der Waals surface area contributed by atoms with Crippen LogP contribution in [0, 0.1) is 0 Å². The van der Waals surface area contributed by atoms with Crippen molar-refractivity contribution in [3.8, 4) is 10.8 Å². The third-order valence-electron chi connectivity index (χ3n) is 5.01. The van der Waals surface area contributed by atoms with Crippen molar-refractivity contribution in [2.24, 2.45) is 0 Å². The number of aromatic nitrogens is 3. The second-order valence-electron chi connectivity index (χ2n) is 7.23. The van der Waals surface area contributed by atoms with Crippen LogP contribution in [0.25, 0.3) is 21.7 Å². The van der Waals surface area contributed by atoms with Gasteiger partial charge in [0.2, 0.25) is 0 Å². The highest BCUT2D eigenvalue weighted by Gasteiger charge is 2.28. The molecule has 0 unspecified atom stereocenters. The molecule has 152 valence electrons. The van der Waals surface area contributed by atoms with Crippen LogP contribution in [0.2, 0.25) is 0 Å². The Morgan fingerprint density at radius 2 is 2.07 bits per heavy atom. The molecule has 4 aromatic rings. The Hall–Kier alpha value is -3.26. The van der Waals surface area contributed by atoms with E-state index in [0.717, 1.165) is 17.8 Å². The Morgan fingerprint density at radius 3 is 2.87 bits per heavy atom. The fraction of sp³-hybridized carbons (Fsp3) is 0.273. The van der Waals surface area contributed by atoms with Crippen molar-refractivity contribution in [1.82, 2.24) is 14.5 Å². The van der Waals surface area contributed by atoms with Crippen LogP contribution >= 0.6 is 11.3 Å². The van der Waals surface area contributed by atoms with E-state index in [4.69, 9.17) is 9.15 Å². The van der Waals surface area contributed by atoms with E-state index in [1.165, 1.54) is 11.3 Å². The number of furan rings is 1. The molecule has 0 saturated heterocycles. The predicted molar refractivity (Wildman–Crippen MR) is 112 cm³/mol. The summed E-state index contributed by atoms with van der Waals surface area (Å²) in [6.45, 7) is 0.108. The molecule has 0 atom stereocenters. The first-order chi connectivity index (χ1) is 14.7. The fourth-order valence-corrected chi connectivity index (χ4v) is 4.18. The molecule has 8 heteroatoms. The van der Waals surface area contributed by atoms with Crippen molar-refractivity contribution in [1.29, 1.82) is 0 Å². The highest BCUT2D eigenvalue weighted by Crippen LogP contribution is 2.35. The van der Waals surface area contributed by atoms with Gasteiger partial charge in [-0.25, -0.2) is 9.97 Å². The summed E-state index contributed by atoms with van der Waals surface area (Å²) in [7, 11) is 0. The maximum Gasteiger partial charge on any atom is 0.306 e. The molecule has 0 radical (unpaired) electrons. The van der Waals surface area contributed by atoms with Crippen LogP contribution < -0.4 is 5.56 Å². The van der Waals surface area contributed by atoms with E-state index in [0.29, 0.717) is 34.6 Å². The number of hydrogen-bond acceptors (Lipinski definition) is 7. The maximum absolute atomic E-state index is 12.9. The highest BCUT2D eigenvalue weighted by molar-refractivity contribution is 7.13. The number of aryl methyl sites for hydroxylation is 1. The number of thiazole rings is 1. The van der Waals surface area contributed by atoms with Crippen LogP contribution in [0.4, 0.5) is 0 Å². The average molecular weight is 421 g/mol. The zero-order chi connectivity index (χ0) is 20.5. The van der Waals surface area contributed by atoms with E-state index in [2.05, 4.69) is 9.97 Å². The molecule has 5 rings (SSSR count). The Bertz CT molecular complexity index is 1260. The lowest BCUT2D eigenvalue weighted by atomic mass is 10.2. The number of fused-ring (bicyclic) bond motifs is 1. The van der Waals surface area contributed by atoms with Crippen LogP contribution in [0.15, 0.2) is 57.3 Å². The van der Waals surface area contributed by atoms with Gasteiger partial charge in [-0.2, -0.15) is 0 Å². The van der Waals surface area contributed by atoms with Gasteiger partial charge in [0, 0.05) is 17.8 Å². The summed E-state index contributed by atoms with van der Waals surface area (Å²) < 4.78 is 12.5. The monoisotopic (exact) mass is 421 g/mol. The van der Waals surface area contributed by atoms with Gasteiger partial charge in [-0.1, -0.05) is 12.1 Å². The quantitative estimate of drug-likeness (QED) is 0.417. The fourth-order valence-electron chi connectivity index (χ4n) is 3.40. The minimum Gasteiger partial charge on any atom is -0.462 e. The topological polar surface area (TPSA) is 87.2 Å². The predicted octanol–water partition coefficient (Wildman–Crippen LogP) is 4.12. The molecule has 0 bridgehead atoms. The molecule has 30 heavy (non-hydrogen) atoms. The number of nitrogens with zero attached hydrogens (tertiary/aromatic N) is 3. The van der Waals surface area contributed by atoms with Crippen LogP contribution in [-0.4, -0.2) is 20.5 Å². The van der Waals surface area contributed by atoms with Gasteiger partial charge in [0.1, 0.15) is 12.4 Å². The van der Waals surface area contributed by atoms with Crippen LogP contribution in [0.5, 0.6) is 0 Å².